The highest BCUT2D eigenvalue weighted by Gasteiger charge is 2.38. The van der Waals surface area contributed by atoms with E-state index >= 15 is 0 Å². The summed E-state index contributed by atoms with van der Waals surface area (Å²) >= 11 is 0. The summed E-state index contributed by atoms with van der Waals surface area (Å²) in [6, 6.07) is 6.80. The van der Waals surface area contributed by atoms with Crippen molar-refractivity contribution in [2.24, 2.45) is 11.7 Å². The Kier molecular flexibility index (Phi) is 9.36. The second kappa shape index (κ2) is 11.5. The Bertz CT molecular complexity index is 639. The topological polar surface area (TPSA) is 75.8 Å². The Hall–Kier alpha value is -1.87. The number of alkyl halides is 3. The minimum Gasteiger partial charge on any atom is -0.490 e. The fourth-order valence-electron chi connectivity index (χ4n) is 3.80. The fraction of sp³-hybridized carbons (Fsp3) is 0.667. The van der Waals surface area contributed by atoms with Gasteiger partial charge in [0.25, 0.3) is 0 Å². The van der Waals surface area contributed by atoms with Gasteiger partial charge in [0.2, 0.25) is 0 Å². The van der Waals surface area contributed by atoms with Gasteiger partial charge in [-0.2, -0.15) is 13.2 Å². The zero-order valence-electron chi connectivity index (χ0n) is 16.9. The van der Waals surface area contributed by atoms with Gasteiger partial charge in [-0.15, -0.1) is 0 Å². The molecule has 0 amide bonds. The monoisotopic (exact) mass is 434 g/mol. The second-order valence-electron chi connectivity index (χ2n) is 7.99. The highest BCUT2D eigenvalue weighted by Crippen LogP contribution is 2.27. The van der Waals surface area contributed by atoms with Gasteiger partial charge in [0.1, 0.15) is 17.7 Å². The van der Waals surface area contributed by atoms with Crippen molar-refractivity contribution in [1.82, 2.24) is 4.90 Å². The molecule has 1 aromatic carbocycles. The molecule has 30 heavy (non-hydrogen) atoms. The Balaban J connectivity index is 0.000000396. The predicted octanol–water partition coefficient (Wildman–Crippen LogP) is 4.21. The van der Waals surface area contributed by atoms with E-state index in [0.717, 1.165) is 37.6 Å². The number of hydrogen-bond donors (Lipinski definition) is 2. The molecule has 9 heteroatoms. The van der Waals surface area contributed by atoms with Gasteiger partial charge in [-0.3, -0.25) is 0 Å². The SMILES string of the molecule is N[C@H]1CC[C@H](CCN2CCC(Oc3ccc(F)cc3)CC2)CC1.O=C(O)C(F)(F)F. The van der Waals surface area contributed by atoms with E-state index in [-0.39, 0.29) is 11.9 Å². The molecule has 0 radical (unpaired) electrons. The molecule has 0 unspecified atom stereocenters. The van der Waals surface area contributed by atoms with E-state index in [1.54, 1.807) is 12.1 Å². The maximum Gasteiger partial charge on any atom is 0.490 e. The van der Waals surface area contributed by atoms with Gasteiger partial charge in [0.15, 0.2) is 0 Å². The lowest BCUT2D eigenvalue weighted by Crippen LogP contribution is -2.39. The number of nitrogens with two attached hydrogens (primary N) is 1. The van der Waals surface area contributed by atoms with Crippen LogP contribution in [-0.2, 0) is 4.79 Å². The summed E-state index contributed by atoms with van der Waals surface area (Å²) < 4.78 is 50.6. The van der Waals surface area contributed by atoms with Crippen molar-refractivity contribution in [1.29, 1.82) is 0 Å². The Morgan fingerprint density at radius 2 is 1.60 bits per heavy atom. The Morgan fingerprint density at radius 3 is 2.10 bits per heavy atom. The number of carboxylic acids is 1. The summed E-state index contributed by atoms with van der Waals surface area (Å²) in [6.07, 6.45) is 3.66. The first kappa shape index (κ1) is 24.4. The molecule has 3 N–H and O–H groups in total. The zero-order valence-corrected chi connectivity index (χ0v) is 16.9. The average molecular weight is 434 g/mol. The molecule has 0 atom stereocenters. The Labute approximate surface area is 174 Å². The second-order valence-corrected chi connectivity index (χ2v) is 7.99. The number of halogens is 4. The number of carbonyl (C=O) groups is 1. The minimum atomic E-state index is -5.08. The minimum absolute atomic E-state index is 0.212. The van der Waals surface area contributed by atoms with Crippen LogP contribution in [0.5, 0.6) is 5.75 Å². The number of carboxylic acid groups (broad SMARTS) is 1. The third-order valence-corrected chi connectivity index (χ3v) is 5.64. The van der Waals surface area contributed by atoms with Crippen molar-refractivity contribution in [2.45, 2.75) is 63.3 Å². The first-order valence-electron chi connectivity index (χ1n) is 10.3. The number of ether oxygens (including phenoxy) is 1. The van der Waals surface area contributed by atoms with Gasteiger partial charge in [-0.05, 0) is 81.7 Å². The van der Waals surface area contributed by atoms with Crippen molar-refractivity contribution in [3.8, 4) is 5.75 Å². The molecule has 5 nitrogen and oxygen atoms in total. The molecular weight excluding hydrogens is 404 g/mol. The van der Waals surface area contributed by atoms with E-state index < -0.39 is 12.1 Å². The summed E-state index contributed by atoms with van der Waals surface area (Å²) in [7, 11) is 0. The fourth-order valence-corrected chi connectivity index (χ4v) is 3.80. The molecule has 0 aromatic heterocycles. The van der Waals surface area contributed by atoms with Crippen molar-refractivity contribution < 1.29 is 32.2 Å². The summed E-state index contributed by atoms with van der Waals surface area (Å²) in [6.45, 7) is 3.43. The largest absolute Gasteiger partial charge is 0.490 e. The van der Waals surface area contributed by atoms with Crippen LogP contribution in [0.1, 0.15) is 44.9 Å². The maximum absolute atomic E-state index is 12.9. The maximum atomic E-state index is 12.9. The smallest absolute Gasteiger partial charge is 0.490 e. The summed E-state index contributed by atoms with van der Waals surface area (Å²) in [5.41, 5.74) is 5.98. The number of likely N-dealkylation sites (tertiary alicyclic amines) is 1. The molecule has 0 bridgehead atoms. The predicted molar refractivity (Wildman–Crippen MR) is 105 cm³/mol. The van der Waals surface area contributed by atoms with Gasteiger partial charge < -0.3 is 20.5 Å². The van der Waals surface area contributed by atoms with Crippen LogP contribution >= 0.6 is 0 Å². The van der Waals surface area contributed by atoms with Crippen molar-refractivity contribution in [2.75, 3.05) is 19.6 Å². The molecule has 170 valence electrons. The van der Waals surface area contributed by atoms with E-state index in [4.69, 9.17) is 20.4 Å². The van der Waals surface area contributed by atoms with Crippen LogP contribution in [0.3, 0.4) is 0 Å². The Morgan fingerprint density at radius 1 is 1.07 bits per heavy atom. The summed E-state index contributed by atoms with van der Waals surface area (Å²) in [4.78, 5) is 11.5. The van der Waals surface area contributed by atoms with E-state index in [1.807, 2.05) is 0 Å². The molecule has 0 spiro atoms. The van der Waals surface area contributed by atoms with Gasteiger partial charge in [-0.25, -0.2) is 9.18 Å². The number of piperidine rings is 1. The average Bonchev–Trinajstić information content (AvgIpc) is 2.70. The molecule has 1 heterocycles. The third kappa shape index (κ3) is 8.87. The van der Waals surface area contributed by atoms with E-state index in [2.05, 4.69) is 4.90 Å². The highest BCUT2D eigenvalue weighted by atomic mass is 19.4. The lowest BCUT2D eigenvalue weighted by molar-refractivity contribution is -0.192. The van der Waals surface area contributed by atoms with Crippen LogP contribution in [0.15, 0.2) is 24.3 Å². The number of nitrogens with zero attached hydrogens (tertiary/aromatic N) is 1. The molecule has 1 saturated carbocycles. The molecular formula is C21H30F4N2O3. The molecule has 3 rings (SSSR count). The van der Waals surface area contributed by atoms with Crippen LogP contribution < -0.4 is 10.5 Å². The first-order chi connectivity index (χ1) is 14.1. The quantitative estimate of drug-likeness (QED) is 0.679. The van der Waals surface area contributed by atoms with Gasteiger partial charge in [0, 0.05) is 19.1 Å². The molecule has 2 fully saturated rings. The normalized spacial score (nSPS) is 23.4. The summed E-state index contributed by atoms with van der Waals surface area (Å²) in [5.74, 6) is -1.31. The van der Waals surface area contributed by atoms with Crippen LogP contribution in [0, 0.1) is 11.7 Å². The standard InChI is InChI=1S/C19H29FN2O.C2HF3O2/c20-16-3-7-18(8-4-16)23-19-10-13-22(14-11-19)12-9-15-1-5-17(21)6-2-15;3-2(4,5)1(6)7/h3-4,7-8,15,17,19H,1-2,5-6,9-14,21H2;(H,6,7)/t15-,17-;. The number of hydrogen-bond acceptors (Lipinski definition) is 4. The summed E-state index contributed by atoms with van der Waals surface area (Å²) in [5, 5.41) is 7.12. The van der Waals surface area contributed by atoms with Crippen LogP contribution in [0.2, 0.25) is 0 Å². The molecule has 2 aliphatic rings. The zero-order chi connectivity index (χ0) is 22.1. The molecule has 1 aliphatic carbocycles. The van der Waals surface area contributed by atoms with E-state index in [0.29, 0.717) is 6.04 Å². The highest BCUT2D eigenvalue weighted by molar-refractivity contribution is 5.73. The van der Waals surface area contributed by atoms with Crippen LogP contribution in [0.25, 0.3) is 0 Å². The van der Waals surface area contributed by atoms with E-state index in [1.165, 1.54) is 50.8 Å². The third-order valence-electron chi connectivity index (χ3n) is 5.64. The van der Waals surface area contributed by atoms with Gasteiger partial charge >= 0.3 is 12.1 Å². The molecule has 1 aliphatic heterocycles. The van der Waals surface area contributed by atoms with Gasteiger partial charge in [-0.1, -0.05) is 0 Å². The number of aliphatic carboxylic acids is 1. The lowest BCUT2D eigenvalue weighted by Gasteiger charge is -2.34. The van der Waals surface area contributed by atoms with Crippen LogP contribution in [0.4, 0.5) is 17.6 Å². The number of benzene rings is 1. The van der Waals surface area contributed by atoms with Crippen LogP contribution in [-0.4, -0.2) is 53.9 Å². The van der Waals surface area contributed by atoms with Gasteiger partial charge in [0.05, 0.1) is 0 Å². The lowest BCUT2D eigenvalue weighted by atomic mass is 9.84. The van der Waals surface area contributed by atoms with Crippen molar-refractivity contribution in [3.63, 3.8) is 0 Å². The van der Waals surface area contributed by atoms with E-state index in [9.17, 15) is 17.6 Å². The van der Waals surface area contributed by atoms with Crippen molar-refractivity contribution in [3.05, 3.63) is 30.1 Å². The molecule has 1 saturated heterocycles. The first-order valence-corrected chi connectivity index (χ1v) is 10.3. The number of rotatable bonds is 5. The van der Waals surface area contributed by atoms with Crippen molar-refractivity contribution >= 4 is 5.97 Å². The molecule has 1 aromatic rings.